The highest BCUT2D eigenvalue weighted by Gasteiger charge is 2.36. The summed E-state index contributed by atoms with van der Waals surface area (Å²) in [5.41, 5.74) is 2.38. The third kappa shape index (κ3) is 3.23. The van der Waals surface area contributed by atoms with Crippen LogP contribution in [-0.4, -0.2) is 41.1 Å². The van der Waals surface area contributed by atoms with Gasteiger partial charge < -0.3 is 15.5 Å². The number of nitrogens with one attached hydrogen (secondary N) is 2. The van der Waals surface area contributed by atoms with E-state index in [0.717, 1.165) is 11.4 Å². The number of fused-ring (bicyclic) bond motifs is 1. The minimum atomic E-state index is -0.840. The molecule has 0 bridgehead atoms. The number of aromatic nitrogens is 2. The van der Waals surface area contributed by atoms with E-state index in [4.69, 9.17) is 0 Å². The number of likely N-dealkylation sites (N-methyl/N-ethyl adjacent to an activating group) is 1. The molecule has 2 heterocycles. The predicted molar refractivity (Wildman–Crippen MR) is 90.7 cm³/mol. The van der Waals surface area contributed by atoms with Gasteiger partial charge in [-0.3, -0.25) is 19.1 Å². The minimum absolute atomic E-state index is 0.268. The first kappa shape index (κ1) is 16.7. The fourth-order valence-corrected chi connectivity index (χ4v) is 2.81. The third-order valence-corrected chi connectivity index (χ3v) is 4.21. The van der Waals surface area contributed by atoms with Crippen molar-refractivity contribution in [1.82, 2.24) is 20.4 Å². The van der Waals surface area contributed by atoms with Gasteiger partial charge >= 0.3 is 11.8 Å². The highest BCUT2D eigenvalue weighted by Crippen LogP contribution is 2.34. The van der Waals surface area contributed by atoms with Crippen molar-refractivity contribution in [2.75, 3.05) is 18.5 Å². The second kappa shape index (κ2) is 6.76. The number of anilines is 1. The van der Waals surface area contributed by atoms with Crippen LogP contribution in [0.4, 0.5) is 5.69 Å². The van der Waals surface area contributed by atoms with Gasteiger partial charge in [0.1, 0.15) is 6.04 Å². The Balaban J connectivity index is 1.58. The van der Waals surface area contributed by atoms with E-state index in [1.165, 1.54) is 4.90 Å². The Kier molecular flexibility index (Phi) is 4.51. The molecule has 0 fully saturated rings. The molecule has 1 aromatic carbocycles. The van der Waals surface area contributed by atoms with Gasteiger partial charge in [0, 0.05) is 36.7 Å². The van der Waals surface area contributed by atoms with E-state index < -0.39 is 17.9 Å². The Morgan fingerprint density at radius 1 is 1.20 bits per heavy atom. The highest BCUT2D eigenvalue weighted by molar-refractivity contribution is 6.35. The molecule has 2 N–H and O–H groups in total. The fourth-order valence-electron chi connectivity index (χ4n) is 2.81. The van der Waals surface area contributed by atoms with Crippen LogP contribution in [0.15, 0.2) is 36.5 Å². The highest BCUT2D eigenvalue weighted by atomic mass is 16.2. The number of para-hydroxylation sites is 1. The van der Waals surface area contributed by atoms with Crippen molar-refractivity contribution in [3.05, 3.63) is 47.8 Å². The van der Waals surface area contributed by atoms with E-state index in [-0.39, 0.29) is 12.5 Å². The Labute approximate surface area is 144 Å². The van der Waals surface area contributed by atoms with Gasteiger partial charge in [0.05, 0.1) is 6.54 Å². The van der Waals surface area contributed by atoms with Crippen molar-refractivity contribution in [2.45, 2.75) is 19.5 Å². The third-order valence-electron chi connectivity index (χ3n) is 4.21. The van der Waals surface area contributed by atoms with Gasteiger partial charge in [-0.2, -0.15) is 5.10 Å². The standard InChI is InChI=1S/C17H19N5O3/c1-11-7-8-19-22(11)10-9-18-15(23)16(24)20-14-12-5-3-4-6-13(12)21(2)17(14)25/h3-8,14H,9-10H2,1-2H3,(H,18,23)(H,20,24)/t14-/m1/s1. The number of benzene rings is 1. The minimum Gasteiger partial charge on any atom is -0.346 e. The molecule has 8 heteroatoms. The zero-order valence-corrected chi connectivity index (χ0v) is 14.0. The molecule has 1 atom stereocenters. The molecule has 0 unspecified atom stereocenters. The molecule has 0 aliphatic carbocycles. The summed E-state index contributed by atoms with van der Waals surface area (Å²) in [5.74, 6) is -1.88. The molecule has 0 radical (unpaired) electrons. The Bertz CT molecular complexity index is 829. The SMILES string of the molecule is Cc1ccnn1CCNC(=O)C(=O)N[C@H]1C(=O)N(C)c2ccccc21. The number of amides is 3. The van der Waals surface area contributed by atoms with E-state index in [1.54, 1.807) is 36.1 Å². The molecular formula is C17H19N5O3. The topological polar surface area (TPSA) is 96.3 Å². The molecule has 1 aromatic heterocycles. The van der Waals surface area contributed by atoms with Gasteiger partial charge in [0.2, 0.25) is 0 Å². The molecule has 1 aliphatic heterocycles. The number of carbonyl (C=O) groups is 3. The van der Waals surface area contributed by atoms with Crippen LogP contribution in [-0.2, 0) is 20.9 Å². The molecule has 25 heavy (non-hydrogen) atoms. The van der Waals surface area contributed by atoms with Crippen molar-refractivity contribution in [3.63, 3.8) is 0 Å². The van der Waals surface area contributed by atoms with E-state index in [2.05, 4.69) is 15.7 Å². The summed E-state index contributed by atoms with van der Waals surface area (Å²) < 4.78 is 1.73. The van der Waals surface area contributed by atoms with Crippen LogP contribution in [0.5, 0.6) is 0 Å². The van der Waals surface area contributed by atoms with Crippen molar-refractivity contribution in [2.24, 2.45) is 0 Å². The molecule has 1 aliphatic rings. The van der Waals surface area contributed by atoms with Gasteiger partial charge in [-0.25, -0.2) is 0 Å². The Morgan fingerprint density at radius 3 is 2.68 bits per heavy atom. The second-order valence-corrected chi connectivity index (χ2v) is 5.81. The molecule has 3 rings (SSSR count). The molecular weight excluding hydrogens is 322 g/mol. The zero-order valence-electron chi connectivity index (χ0n) is 14.0. The average Bonchev–Trinajstić information content (AvgIpc) is 3.12. The normalized spacial score (nSPS) is 15.8. The van der Waals surface area contributed by atoms with Crippen LogP contribution in [0, 0.1) is 6.92 Å². The van der Waals surface area contributed by atoms with Crippen molar-refractivity contribution >= 4 is 23.4 Å². The van der Waals surface area contributed by atoms with E-state index in [1.807, 2.05) is 19.1 Å². The van der Waals surface area contributed by atoms with Crippen LogP contribution in [0.3, 0.4) is 0 Å². The smallest absolute Gasteiger partial charge is 0.310 e. The van der Waals surface area contributed by atoms with Gasteiger partial charge in [0.25, 0.3) is 5.91 Å². The molecule has 2 aromatic rings. The summed E-state index contributed by atoms with van der Waals surface area (Å²) in [7, 11) is 1.64. The molecule has 130 valence electrons. The Morgan fingerprint density at radius 2 is 1.96 bits per heavy atom. The summed E-state index contributed by atoms with van der Waals surface area (Å²) in [4.78, 5) is 37.8. The zero-order chi connectivity index (χ0) is 18.0. The Hall–Kier alpha value is -3.16. The van der Waals surface area contributed by atoms with E-state index >= 15 is 0 Å². The molecule has 3 amide bonds. The maximum Gasteiger partial charge on any atom is 0.310 e. The average molecular weight is 341 g/mol. The van der Waals surface area contributed by atoms with E-state index in [0.29, 0.717) is 12.1 Å². The summed E-state index contributed by atoms with van der Waals surface area (Å²) >= 11 is 0. The van der Waals surface area contributed by atoms with Crippen LogP contribution < -0.4 is 15.5 Å². The first-order valence-corrected chi connectivity index (χ1v) is 7.92. The second-order valence-electron chi connectivity index (χ2n) is 5.81. The summed E-state index contributed by atoms with van der Waals surface area (Å²) in [6.07, 6.45) is 1.67. The lowest BCUT2D eigenvalue weighted by molar-refractivity contribution is -0.140. The number of hydrogen-bond donors (Lipinski definition) is 2. The number of hydrogen-bond acceptors (Lipinski definition) is 4. The van der Waals surface area contributed by atoms with Crippen LogP contribution in [0.2, 0.25) is 0 Å². The van der Waals surface area contributed by atoms with E-state index in [9.17, 15) is 14.4 Å². The first-order chi connectivity index (χ1) is 12.0. The van der Waals surface area contributed by atoms with Gasteiger partial charge in [-0.15, -0.1) is 0 Å². The lowest BCUT2D eigenvalue weighted by Crippen LogP contribution is -2.44. The molecule has 0 saturated carbocycles. The van der Waals surface area contributed by atoms with Gasteiger partial charge in [0.15, 0.2) is 0 Å². The quantitative estimate of drug-likeness (QED) is 0.773. The lowest BCUT2D eigenvalue weighted by Gasteiger charge is -2.13. The van der Waals surface area contributed by atoms with Crippen LogP contribution in [0.25, 0.3) is 0 Å². The summed E-state index contributed by atoms with van der Waals surface area (Å²) in [6, 6.07) is 8.18. The largest absolute Gasteiger partial charge is 0.346 e. The lowest BCUT2D eigenvalue weighted by atomic mass is 10.1. The number of rotatable bonds is 4. The van der Waals surface area contributed by atoms with Crippen LogP contribution in [0.1, 0.15) is 17.3 Å². The molecule has 8 nitrogen and oxygen atoms in total. The van der Waals surface area contributed by atoms with Gasteiger partial charge in [-0.05, 0) is 19.1 Å². The summed E-state index contributed by atoms with van der Waals surface area (Å²) in [5, 5.41) is 9.14. The summed E-state index contributed by atoms with van der Waals surface area (Å²) in [6.45, 7) is 2.64. The maximum absolute atomic E-state index is 12.3. The van der Waals surface area contributed by atoms with Crippen molar-refractivity contribution in [1.29, 1.82) is 0 Å². The molecule has 0 spiro atoms. The predicted octanol–water partition coefficient (Wildman–Crippen LogP) is 0.142. The van der Waals surface area contributed by atoms with Crippen molar-refractivity contribution < 1.29 is 14.4 Å². The van der Waals surface area contributed by atoms with Gasteiger partial charge in [-0.1, -0.05) is 18.2 Å². The maximum atomic E-state index is 12.3. The number of aryl methyl sites for hydroxylation is 1. The first-order valence-electron chi connectivity index (χ1n) is 7.92. The fraction of sp³-hybridized carbons (Fsp3) is 0.294. The number of nitrogens with zero attached hydrogens (tertiary/aromatic N) is 3. The van der Waals surface area contributed by atoms with Crippen molar-refractivity contribution in [3.8, 4) is 0 Å². The monoisotopic (exact) mass is 341 g/mol. The number of carbonyl (C=O) groups excluding carboxylic acids is 3. The molecule has 0 saturated heterocycles. The van der Waals surface area contributed by atoms with Crippen LogP contribution >= 0.6 is 0 Å².